The highest BCUT2D eigenvalue weighted by atomic mass is 35.5. The van der Waals surface area contributed by atoms with Crippen LogP contribution < -0.4 is 10.0 Å². The van der Waals surface area contributed by atoms with Crippen LogP contribution in [0.3, 0.4) is 0 Å². The number of carbonyl (C=O) groups is 1. The van der Waals surface area contributed by atoms with Crippen molar-refractivity contribution in [1.29, 1.82) is 0 Å². The zero-order valence-electron chi connectivity index (χ0n) is 15.1. The van der Waals surface area contributed by atoms with Gasteiger partial charge in [0, 0.05) is 36.1 Å². The van der Waals surface area contributed by atoms with Crippen molar-refractivity contribution in [2.75, 3.05) is 11.3 Å². The Labute approximate surface area is 172 Å². The number of anilines is 1. The van der Waals surface area contributed by atoms with Gasteiger partial charge in [0.15, 0.2) is 0 Å². The number of sulfonamides is 1. The Morgan fingerprint density at radius 1 is 1.07 bits per heavy atom. The first kappa shape index (κ1) is 20.8. The van der Waals surface area contributed by atoms with Crippen molar-refractivity contribution in [2.24, 2.45) is 0 Å². The summed E-state index contributed by atoms with van der Waals surface area (Å²) in [6, 6.07) is 14.7. The molecule has 0 aliphatic rings. The SMILES string of the molecule is O=C(NCCc1ccccn1)c1ccc(NS(=O)(=O)c2ccc(F)c(Cl)c2)cc1. The third-order valence-electron chi connectivity index (χ3n) is 3.99. The number of pyridine rings is 1. The standard InChI is InChI=1S/C20H17ClFN3O3S/c21-18-13-17(8-9-19(18)22)29(27,28)25-16-6-4-14(5-7-16)20(26)24-12-10-15-3-1-2-11-23-15/h1-9,11,13,25H,10,12H2,(H,24,26). The van der Waals surface area contributed by atoms with E-state index in [2.05, 4.69) is 15.0 Å². The van der Waals surface area contributed by atoms with E-state index in [4.69, 9.17) is 11.6 Å². The second-order valence-electron chi connectivity index (χ2n) is 6.09. The van der Waals surface area contributed by atoms with E-state index in [-0.39, 0.29) is 21.5 Å². The number of hydrogen-bond donors (Lipinski definition) is 2. The van der Waals surface area contributed by atoms with Crippen molar-refractivity contribution in [3.05, 3.63) is 89.0 Å². The van der Waals surface area contributed by atoms with Crippen molar-refractivity contribution < 1.29 is 17.6 Å². The lowest BCUT2D eigenvalue weighted by Crippen LogP contribution is -2.25. The van der Waals surface area contributed by atoms with Crippen LogP contribution in [0.2, 0.25) is 5.02 Å². The summed E-state index contributed by atoms with van der Waals surface area (Å²) < 4.78 is 40.4. The van der Waals surface area contributed by atoms with Crippen LogP contribution in [0.15, 0.2) is 71.8 Å². The number of rotatable bonds is 7. The summed E-state index contributed by atoms with van der Waals surface area (Å²) in [7, 11) is -3.94. The molecule has 0 bridgehead atoms. The number of nitrogens with one attached hydrogen (secondary N) is 2. The Balaban J connectivity index is 1.60. The van der Waals surface area contributed by atoms with Crippen molar-refractivity contribution >= 4 is 33.2 Å². The molecule has 0 fully saturated rings. The molecule has 0 radical (unpaired) electrons. The van der Waals surface area contributed by atoms with Crippen molar-refractivity contribution in [1.82, 2.24) is 10.3 Å². The van der Waals surface area contributed by atoms with E-state index < -0.39 is 15.8 Å². The van der Waals surface area contributed by atoms with E-state index in [1.54, 1.807) is 6.20 Å². The number of carbonyl (C=O) groups excluding carboxylic acids is 1. The van der Waals surface area contributed by atoms with Crippen molar-refractivity contribution in [3.8, 4) is 0 Å². The Hall–Kier alpha value is -2.97. The fraction of sp³-hybridized carbons (Fsp3) is 0.100. The number of amides is 1. The van der Waals surface area contributed by atoms with Gasteiger partial charge in [0.1, 0.15) is 5.82 Å². The second-order valence-corrected chi connectivity index (χ2v) is 8.18. The molecular weight excluding hydrogens is 417 g/mol. The van der Waals surface area contributed by atoms with Gasteiger partial charge in [0.2, 0.25) is 0 Å². The fourth-order valence-electron chi connectivity index (χ4n) is 2.50. The summed E-state index contributed by atoms with van der Waals surface area (Å²) >= 11 is 5.64. The van der Waals surface area contributed by atoms with Crippen molar-refractivity contribution in [2.45, 2.75) is 11.3 Å². The van der Waals surface area contributed by atoms with E-state index in [0.717, 1.165) is 23.9 Å². The van der Waals surface area contributed by atoms with E-state index in [0.29, 0.717) is 18.5 Å². The molecule has 0 aliphatic heterocycles. The monoisotopic (exact) mass is 433 g/mol. The molecule has 0 spiro atoms. The molecule has 1 aromatic heterocycles. The zero-order valence-corrected chi connectivity index (χ0v) is 16.7. The highest BCUT2D eigenvalue weighted by Gasteiger charge is 2.16. The minimum Gasteiger partial charge on any atom is -0.352 e. The molecule has 2 aromatic carbocycles. The highest BCUT2D eigenvalue weighted by Crippen LogP contribution is 2.22. The largest absolute Gasteiger partial charge is 0.352 e. The maximum atomic E-state index is 13.2. The zero-order chi connectivity index (χ0) is 20.9. The van der Waals surface area contributed by atoms with E-state index in [1.165, 1.54) is 24.3 Å². The van der Waals surface area contributed by atoms with Gasteiger partial charge < -0.3 is 5.32 Å². The molecule has 3 rings (SSSR count). The predicted molar refractivity (Wildman–Crippen MR) is 109 cm³/mol. The van der Waals surface area contributed by atoms with Gasteiger partial charge in [-0.3, -0.25) is 14.5 Å². The third kappa shape index (κ3) is 5.52. The van der Waals surface area contributed by atoms with Gasteiger partial charge in [-0.25, -0.2) is 12.8 Å². The van der Waals surface area contributed by atoms with Crippen molar-refractivity contribution in [3.63, 3.8) is 0 Å². The second kappa shape index (κ2) is 9.02. The lowest BCUT2D eigenvalue weighted by atomic mass is 10.2. The van der Waals surface area contributed by atoms with Gasteiger partial charge in [0.05, 0.1) is 9.92 Å². The molecule has 9 heteroatoms. The summed E-state index contributed by atoms with van der Waals surface area (Å²) in [5.41, 5.74) is 1.52. The Kier molecular flexibility index (Phi) is 6.46. The molecule has 3 aromatic rings. The molecule has 0 saturated heterocycles. The van der Waals surface area contributed by atoms with Crippen LogP contribution in [-0.2, 0) is 16.4 Å². The normalized spacial score (nSPS) is 11.1. The van der Waals surface area contributed by atoms with Crippen LogP contribution in [0.1, 0.15) is 16.1 Å². The van der Waals surface area contributed by atoms with Gasteiger partial charge in [-0.15, -0.1) is 0 Å². The molecule has 1 amide bonds. The molecular formula is C20H17ClFN3O3S. The van der Waals surface area contributed by atoms with Crippen LogP contribution in [0.5, 0.6) is 0 Å². The van der Waals surface area contributed by atoms with E-state index >= 15 is 0 Å². The van der Waals surface area contributed by atoms with Crippen LogP contribution in [0.4, 0.5) is 10.1 Å². The number of hydrogen-bond acceptors (Lipinski definition) is 4. The average Bonchev–Trinajstić information content (AvgIpc) is 2.71. The molecule has 0 atom stereocenters. The molecule has 6 nitrogen and oxygen atoms in total. The quantitative estimate of drug-likeness (QED) is 0.595. The first-order valence-corrected chi connectivity index (χ1v) is 10.5. The van der Waals surface area contributed by atoms with Crippen LogP contribution in [0.25, 0.3) is 0 Å². The van der Waals surface area contributed by atoms with Crippen LogP contribution in [-0.4, -0.2) is 25.9 Å². The Morgan fingerprint density at radius 2 is 1.83 bits per heavy atom. The van der Waals surface area contributed by atoms with E-state index in [1.807, 2.05) is 18.2 Å². The predicted octanol–water partition coefficient (Wildman–Crippen LogP) is 3.65. The Morgan fingerprint density at radius 3 is 2.48 bits per heavy atom. The van der Waals surface area contributed by atoms with Gasteiger partial charge in [0.25, 0.3) is 15.9 Å². The first-order valence-electron chi connectivity index (χ1n) is 8.61. The number of halogens is 2. The number of aromatic nitrogens is 1. The molecule has 150 valence electrons. The van der Waals surface area contributed by atoms with Crippen LogP contribution >= 0.6 is 11.6 Å². The van der Waals surface area contributed by atoms with Gasteiger partial charge in [-0.2, -0.15) is 0 Å². The summed E-state index contributed by atoms with van der Waals surface area (Å²) in [5.74, 6) is -0.982. The lowest BCUT2D eigenvalue weighted by molar-refractivity contribution is 0.0954. The van der Waals surface area contributed by atoms with Gasteiger partial charge >= 0.3 is 0 Å². The van der Waals surface area contributed by atoms with E-state index in [9.17, 15) is 17.6 Å². The molecule has 0 saturated carbocycles. The average molecular weight is 434 g/mol. The number of benzene rings is 2. The Bertz CT molecular complexity index is 1110. The summed E-state index contributed by atoms with van der Waals surface area (Å²) in [6.45, 7) is 0.426. The number of nitrogens with zero attached hydrogens (tertiary/aromatic N) is 1. The van der Waals surface area contributed by atoms with Gasteiger partial charge in [-0.05, 0) is 54.6 Å². The van der Waals surface area contributed by atoms with Crippen LogP contribution in [0, 0.1) is 5.82 Å². The highest BCUT2D eigenvalue weighted by molar-refractivity contribution is 7.92. The smallest absolute Gasteiger partial charge is 0.261 e. The summed E-state index contributed by atoms with van der Waals surface area (Å²) in [4.78, 5) is 16.2. The summed E-state index contributed by atoms with van der Waals surface area (Å²) in [5, 5.41) is 2.50. The first-order chi connectivity index (χ1) is 13.8. The minimum atomic E-state index is -3.94. The third-order valence-corrected chi connectivity index (χ3v) is 5.66. The topological polar surface area (TPSA) is 88.2 Å². The molecule has 2 N–H and O–H groups in total. The maximum absolute atomic E-state index is 13.2. The van der Waals surface area contributed by atoms with Gasteiger partial charge in [-0.1, -0.05) is 17.7 Å². The molecule has 1 heterocycles. The molecule has 29 heavy (non-hydrogen) atoms. The maximum Gasteiger partial charge on any atom is 0.261 e. The lowest BCUT2D eigenvalue weighted by Gasteiger charge is -2.10. The minimum absolute atomic E-state index is 0.166. The summed E-state index contributed by atoms with van der Waals surface area (Å²) in [6.07, 6.45) is 2.29. The fourth-order valence-corrected chi connectivity index (χ4v) is 3.83. The molecule has 0 unspecified atom stereocenters. The molecule has 0 aliphatic carbocycles.